The van der Waals surface area contributed by atoms with Crippen LogP contribution in [0.2, 0.25) is 0 Å². The summed E-state index contributed by atoms with van der Waals surface area (Å²) in [7, 11) is 7.24. The van der Waals surface area contributed by atoms with E-state index in [9.17, 15) is 4.39 Å². The number of ether oxygens (including phenoxy) is 2. The van der Waals surface area contributed by atoms with Crippen LogP contribution in [0.5, 0.6) is 11.5 Å². The van der Waals surface area contributed by atoms with E-state index in [4.69, 9.17) is 9.47 Å². The van der Waals surface area contributed by atoms with Gasteiger partial charge in [0.1, 0.15) is 5.82 Å². The van der Waals surface area contributed by atoms with E-state index in [2.05, 4.69) is 28.8 Å². The third-order valence-corrected chi connectivity index (χ3v) is 4.03. The van der Waals surface area contributed by atoms with Crippen molar-refractivity contribution in [1.82, 2.24) is 9.80 Å². The normalized spacial score (nSPS) is 16.2. The van der Waals surface area contributed by atoms with E-state index in [1.54, 1.807) is 13.2 Å². The van der Waals surface area contributed by atoms with Crippen LogP contribution in [0.25, 0.3) is 0 Å². The van der Waals surface area contributed by atoms with Gasteiger partial charge in [-0.25, -0.2) is 4.39 Å². The second kappa shape index (κ2) is 7.65. The van der Waals surface area contributed by atoms with Crippen LogP contribution in [0.15, 0.2) is 12.1 Å². The average Bonchev–Trinajstić information content (AvgIpc) is 2.53. The van der Waals surface area contributed by atoms with Gasteiger partial charge in [-0.3, -0.25) is 4.90 Å². The zero-order valence-corrected chi connectivity index (χ0v) is 13.9. The van der Waals surface area contributed by atoms with Gasteiger partial charge in [0, 0.05) is 51.4 Å². The van der Waals surface area contributed by atoms with Crippen LogP contribution in [0.4, 0.5) is 10.1 Å². The number of methoxy groups -OCH3 is 2. The van der Waals surface area contributed by atoms with E-state index in [0.29, 0.717) is 17.2 Å². The zero-order chi connectivity index (χ0) is 16.1. The molecule has 22 heavy (non-hydrogen) atoms. The largest absolute Gasteiger partial charge is 0.493 e. The molecule has 0 amide bonds. The Balaban J connectivity index is 2.02. The molecule has 5 nitrogen and oxygen atoms in total. The third-order valence-electron chi connectivity index (χ3n) is 4.03. The summed E-state index contributed by atoms with van der Waals surface area (Å²) in [5.41, 5.74) is 0.588. The predicted molar refractivity (Wildman–Crippen MR) is 86.7 cm³/mol. The summed E-state index contributed by atoms with van der Waals surface area (Å²) < 4.78 is 24.7. The van der Waals surface area contributed by atoms with Crippen LogP contribution >= 0.6 is 0 Å². The minimum atomic E-state index is -0.264. The van der Waals surface area contributed by atoms with Crippen molar-refractivity contribution < 1.29 is 13.9 Å². The fraction of sp³-hybridized carbons (Fsp3) is 0.625. The van der Waals surface area contributed by atoms with Crippen LogP contribution in [0.3, 0.4) is 0 Å². The van der Waals surface area contributed by atoms with Crippen molar-refractivity contribution in [2.24, 2.45) is 0 Å². The van der Waals surface area contributed by atoms with Crippen LogP contribution in [-0.2, 0) is 0 Å². The molecule has 0 aliphatic carbocycles. The molecule has 1 aromatic rings. The SMILES string of the molecule is COc1cc(F)c(N2CCN(CCN(C)C)CC2)cc1OC. The highest BCUT2D eigenvalue weighted by molar-refractivity contribution is 5.57. The molecule has 6 heteroatoms. The number of hydrogen-bond donors (Lipinski definition) is 0. The highest BCUT2D eigenvalue weighted by atomic mass is 19.1. The number of rotatable bonds is 6. The Morgan fingerprint density at radius 3 is 2.18 bits per heavy atom. The Morgan fingerprint density at radius 2 is 1.64 bits per heavy atom. The maximum atomic E-state index is 14.3. The molecule has 1 aromatic carbocycles. The minimum absolute atomic E-state index is 0.264. The monoisotopic (exact) mass is 311 g/mol. The first-order valence-electron chi connectivity index (χ1n) is 7.58. The van der Waals surface area contributed by atoms with Crippen LogP contribution < -0.4 is 14.4 Å². The molecule has 124 valence electrons. The highest BCUT2D eigenvalue weighted by Crippen LogP contribution is 2.34. The van der Waals surface area contributed by atoms with Gasteiger partial charge in [-0.2, -0.15) is 0 Å². The van der Waals surface area contributed by atoms with Crippen molar-refractivity contribution in [3.8, 4) is 11.5 Å². The Morgan fingerprint density at radius 1 is 1.05 bits per heavy atom. The number of benzene rings is 1. The predicted octanol–water partition coefficient (Wildman–Crippen LogP) is 1.53. The summed E-state index contributed by atoms with van der Waals surface area (Å²) >= 11 is 0. The topological polar surface area (TPSA) is 28.2 Å². The van der Waals surface area contributed by atoms with Crippen LogP contribution in [0, 0.1) is 5.82 Å². The molecule has 1 heterocycles. The molecule has 0 bridgehead atoms. The van der Waals surface area contributed by atoms with Gasteiger partial charge in [0.05, 0.1) is 19.9 Å². The summed E-state index contributed by atoms with van der Waals surface area (Å²) in [6.07, 6.45) is 0. The Kier molecular flexibility index (Phi) is 5.85. The lowest BCUT2D eigenvalue weighted by Crippen LogP contribution is -2.48. The number of nitrogens with zero attached hydrogens (tertiary/aromatic N) is 3. The Labute approximate surface area is 132 Å². The van der Waals surface area contributed by atoms with Gasteiger partial charge in [-0.05, 0) is 14.1 Å². The summed E-state index contributed by atoms with van der Waals surface area (Å²) in [4.78, 5) is 6.67. The van der Waals surface area contributed by atoms with Crippen molar-refractivity contribution in [2.45, 2.75) is 0 Å². The van der Waals surface area contributed by atoms with E-state index in [-0.39, 0.29) is 5.82 Å². The van der Waals surface area contributed by atoms with Crippen molar-refractivity contribution in [3.63, 3.8) is 0 Å². The van der Waals surface area contributed by atoms with Gasteiger partial charge >= 0.3 is 0 Å². The fourth-order valence-corrected chi connectivity index (χ4v) is 2.64. The van der Waals surface area contributed by atoms with Gasteiger partial charge in [-0.1, -0.05) is 0 Å². The van der Waals surface area contributed by atoms with Crippen LogP contribution in [-0.4, -0.2) is 77.4 Å². The molecule has 1 aliphatic heterocycles. The number of piperazine rings is 1. The quantitative estimate of drug-likeness (QED) is 0.794. The summed E-state index contributed by atoms with van der Waals surface area (Å²) in [5.74, 6) is 0.724. The zero-order valence-electron chi connectivity index (χ0n) is 13.9. The van der Waals surface area contributed by atoms with Crippen molar-refractivity contribution in [2.75, 3.05) is 72.5 Å². The first-order chi connectivity index (χ1) is 10.5. The molecule has 0 saturated carbocycles. The number of anilines is 1. The molecule has 0 unspecified atom stereocenters. The van der Waals surface area contributed by atoms with Crippen molar-refractivity contribution in [3.05, 3.63) is 17.9 Å². The van der Waals surface area contributed by atoms with Gasteiger partial charge in [0.25, 0.3) is 0 Å². The number of halogens is 1. The molecule has 0 aromatic heterocycles. The number of hydrogen-bond acceptors (Lipinski definition) is 5. The van der Waals surface area contributed by atoms with Crippen molar-refractivity contribution in [1.29, 1.82) is 0 Å². The van der Waals surface area contributed by atoms with Gasteiger partial charge in [0.15, 0.2) is 11.5 Å². The second-order valence-electron chi connectivity index (χ2n) is 5.79. The highest BCUT2D eigenvalue weighted by Gasteiger charge is 2.21. The minimum Gasteiger partial charge on any atom is -0.493 e. The molecular weight excluding hydrogens is 285 g/mol. The van der Waals surface area contributed by atoms with Crippen LogP contribution in [0.1, 0.15) is 0 Å². The smallest absolute Gasteiger partial charge is 0.163 e. The molecule has 0 spiro atoms. The van der Waals surface area contributed by atoms with Gasteiger partial charge in [0.2, 0.25) is 0 Å². The average molecular weight is 311 g/mol. The maximum absolute atomic E-state index is 14.3. The fourth-order valence-electron chi connectivity index (χ4n) is 2.64. The molecule has 0 atom stereocenters. The summed E-state index contributed by atoms with van der Waals surface area (Å²) in [5, 5.41) is 0. The first-order valence-corrected chi connectivity index (χ1v) is 7.58. The maximum Gasteiger partial charge on any atom is 0.163 e. The van der Waals surface area contributed by atoms with Gasteiger partial charge in [-0.15, -0.1) is 0 Å². The lowest BCUT2D eigenvalue weighted by Gasteiger charge is -2.36. The third kappa shape index (κ3) is 4.01. The summed E-state index contributed by atoms with van der Waals surface area (Å²) in [6, 6.07) is 3.12. The lowest BCUT2D eigenvalue weighted by molar-refractivity contribution is 0.229. The molecular formula is C16H26FN3O2. The van der Waals surface area contributed by atoms with E-state index in [1.165, 1.54) is 13.2 Å². The lowest BCUT2D eigenvalue weighted by atomic mass is 10.2. The number of likely N-dealkylation sites (N-methyl/N-ethyl adjacent to an activating group) is 1. The van der Waals surface area contributed by atoms with Gasteiger partial charge < -0.3 is 19.3 Å². The van der Waals surface area contributed by atoms with E-state index < -0.39 is 0 Å². The van der Waals surface area contributed by atoms with E-state index in [0.717, 1.165) is 39.3 Å². The molecule has 1 aliphatic rings. The molecule has 0 N–H and O–H groups in total. The molecule has 2 rings (SSSR count). The standard InChI is InChI=1S/C16H26FN3O2/c1-18(2)5-6-19-7-9-20(10-8-19)14-12-16(22-4)15(21-3)11-13(14)17/h11-12H,5-10H2,1-4H3. The summed E-state index contributed by atoms with van der Waals surface area (Å²) in [6.45, 7) is 5.63. The first kappa shape index (κ1) is 16.8. The molecule has 1 saturated heterocycles. The van der Waals surface area contributed by atoms with E-state index in [1.807, 2.05) is 0 Å². The second-order valence-corrected chi connectivity index (χ2v) is 5.79. The Bertz CT molecular complexity index is 489. The van der Waals surface area contributed by atoms with Crippen molar-refractivity contribution >= 4 is 5.69 Å². The molecule has 0 radical (unpaired) electrons. The molecule has 1 fully saturated rings. The Hall–Kier alpha value is -1.53. The van der Waals surface area contributed by atoms with E-state index >= 15 is 0 Å².